The number of carbonyl (C=O) groups is 2. The number of nitrogens with zero attached hydrogens (tertiary/aromatic N) is 1. The van der Waals surface area contributed by atoms with Gasteiger partial charge in [0.25, 0.3) is 0 Å². The molecule has 0 aliphatic heterocycles. The van der Waals surface area contributed by atoms with Crippen molar-refractivity contribution in [3.63, 3.8) is 0 Å². The van der Waals surface area contributed by atoms with Gasteiger partial charge in [-0.3, -0.25) is 19.7 Å². The first-order valence-electron chi connectivity index (χ1n) is 5.80. The van der Waals surface area contributed by atoms with E-state index in [1.54, 1.807) is 6.92 Å². The SMILES string of the molecule is CCOC(=O)C(C(C)=O)/C(=C/[N+](=O)[O-])CC(C)C.O. The van der Waals surface area contributed by atoms with Crippen LogP contribution in [0.25, 0.3) is 0 Å². The quantitative estimate of drug-likeness (QED) is 0.299. The molecule has 7 nitrogen and oxygen atoms in total. The summed E-state index contributed by atoms with van der Waals surface area (Å²) >= 11 is 0. The second-order valence-electron chi connectivity index (χ2n) is 4.38. The largest absolute Gasteiger partial charge is 0.465 e. The molecule has 0 aliphatic rings. The molecule has 0 saturated heterocycles. The van der Waals surface area contributed by atoms with Gasteiger partial charge in [0.05, 0.1) is 11.5 Å². The van der Waals surface area contributed by atoms with E-state index >= 15 is 0 Å². The molecule has 0 heterocycles. The Hall–Kier alpha value is -1.76. The van der Waals surface area contributed by atoms with E-state index in [0.29, 0.717) is 6.42 Å². The second kappa shape index (κ2) is 9.21. The summed E-state index contributed by atoms with van der Waals surface area (Å²) in [5.41, 5.74) is 0.195. The van der Waals surface area contributed by atoms with Gasteiger partial charge in [0.15, 0.2) is 0 Å². The van der Waals surface area contributed by atoms with Crippen LogP contribution < -0.4 is 0 Å². The van der Waals surface area contributed by atoms with Crippen molar-refractivity contribution >= 4 is 11.8 Å². The van der Waals surface area contributed by atoms with Gasteiger partial charge >= 0.3 is 5.97 Å². The van der Waals surface area contributed by atoms with Gasteiger partial charge < -0.3 is 10.2 Å². The second-order valence-corrected chi connectivity index (χ2v) is 4.38. The van der Waals surface area contributed by atoms with Crippen LogP contribution in [0.5, 0.6) is 0 Å². The average molecular weight is 275 g/mol. The summed E-state index contributed by atoms with van der Waals surface area (Å²) in [5.74, 6) is -2.23. The number of hydrogen-bond donors (Lipinski definition) is 0. The van der Waals surface area contributed by atoms with Gasteiger partial charge in [-0.25, -0.2) is 0 Å². The molecule has 0 spiro atoms. The van der Waals surface area contributed by atoms with Crippen LogP contribution in [-0.2, 0) is 14.3 Å². The van der Waals surface area contributed by atoms with Gasteiger partial charge in [0.2, 0.25) is 6.20 Å². The molecule has 0 bridgehead atoms. The molecule has 0 fully saturated rings. The third-order valence-corrected chi connectivity index (χ3v) is 2.21. The van der Waals surface area contributed by atoms with Crippen molar-refractivity contribution in [3.05, 3.63) is 21.9 Å². The maximum Gasteiger partial charge on any atom is 0.320 e. The molecule has 19 heavy (non-hydrogen) atoms. The fourth-order valence-corrected chi connectivity index (χ4v) is 1.66. The Balaban J connectivity index is 0. The zero-order valence-electron chi connectivity index (χ0n) is 11.6. The molecule has 0 radical (unpaired) electrons. The smallest absolute Gasteiger partial charge is 0.320 e. The predicted molar refractivity (Wildman–Crippen MR) is 69.0 cm³/mol. The molecule has 7 heteroatoms. The van der Waals surface area contributed by atoms with Gasteiger partial charge in [-0.1, -0.05) is 13.8 Å². The molecule has 0 aromatic carbocycles. The van der Waals surface area contributed by atoms with Crippen LogP contribution >= 0.6 is 0 Å². The van der Waals surface area contributed by atoms with Crippen LogP contribution in [-0.4, -0.2) is 28.8 Å². The monoisotopic (exact) mass is 275 g/mol. The van der Waals surface area contributed by atoms with E-state index in [4.69, 9.17) is 4.74 Å². The number of carbonyl (C=O) groups excluding carboxylic acids is 2. The Morgan fingerprint density at radius 1 is 1.37 bits per heavy atom. The number of hydrogen-bond acceptors (Lipinski definition) is 5. The lowest BCUT2D eigenvalue weighted by molar-refractivity contribution is -0.403. The molecule has 0 amide bonds. The minimum Gasteiger partial charge on any atom is -0.465 e. The highest BCUT2D eigenvalue weighted by Gasteiger charge is 2.31. The van der Waals surface area contributed by atoms with E-state index in [9.17, 15) is 19.7 Å². The molecule has 0 aliphatic carbocycles. The van der Waals surface area contributed by atoms with E-state index in [0.717, 1.165) is 6.20 Å². The van der Waals surface area contributed by atoms with E-state index < -0.39 is 22.6 Å². The van der Waals surface area contributed by atoms with Crippen LogP contribution in [0.15, 0.2) is 11.8 Å². The lowest BCUT2D eigenvalue weighted by atomic mass is 9.89. The van der Waals surface area contributed by atoms with Crippen LogP contribution in [0.4, 0.5) is 0 Å². The van der Waals surface area contributed by atoms with Crippen molar-refractivity contribution in [2.24, 2.45) is 11.8 Å². The highest BCUT2D eigenvalue weighted by Crippen LogP contribution is 2.22. The van der Waals surface area contributed by atoms with Crippen molar-refractivity contribution in [2.75, 3.05) is 6.61 Å². The number of nitro groups is 1. The zero-order valence-corrected chi connectivity index (χ0v) is 11.6. The molecule has 0 aromatic heterocycles. The molecule has 0 saturated carbocycles. The summed E-state index contributed by atoms with van der Waals surface area (Å²) in [6.07, 6.45) is 1.05. The molecule has 1 unspecified atom stereocenters. The number of ketones is 1. The average Bonchev–Trinajstić information content (AvgIpc) is 2.14. The Bertz CT molecular complexity index is 361. The van der Waals surface area contributed by atoms with Gasteiger partial charge in [0.1, 0.15) is 11.7 Å². The highest BCUT2D eigenvalue weighted by atomic mass is 16.6. The highest BCUT2D eigenvalue weighted by molar-refractivity contribution is 6.00. The lowest BCUT2D eigenvalue weighted by Gasteiger charge is -2.16. The van der Waals surface area contributed by atoms with E-state index in [-0.39, 0.29) is 23.6 Å². The Morgan fingerprint density at radius 2 is 1.89 bits per heavy atom. The van der Waals surface area contributed by atoms with E-state index in [2.05, 4.69) is 0 Å². The summed E-state index contributed by atoms with van der Waals surface area (Å²) in [6, 6.07) is 0. The summed E-state index contributed by atoms with van der Waals surface area (Å²) in [6.45, 7) is 6.70. The maximum absolute atomic E-state index is 11.7. The van der Waals surface area contributed by atoms with Crippen LogP contribution in [0, 0.1) is 22.0 Å². The topological polar surface area (TPSA) is 118 Å². The van der Waals surface area contributed by atoms with Crippen molar-refractivity contribution in [1.29, 1.82) is 0 Å². The van der Waals surface area contributed by atoms with Gasteiger partial charge in [-0.15, -0.1) is 0 Å². The van der Waals surface area contributed by atoms with Crippen molar-refractivity contribution in [1.82, 2.24) is 0 Å². The van der Waals surface area contributed by atoms with Gasteiger partial charge in [0, 0.05) is 5.57 Å². The third-order valence-electron chi connectivity index (χ3n) is 2.21. The first kappa shape index (κ1) is 19.6. The zero-order chi connectivity index (χ0) is 14.3. The number of ether oxygens (including phenoxy) is 1. The standard InChI is InChI=1S/C12H19NO5.H2O/c1-5-18-12(15)11(9(4)14)10(6-8(2)3)7-13(16)17;/h7-8,11H,5-6H2,1-4H3;1H2/b10-7+;. The van der Waals surface area contributed by atoms with E-state index in [1.165, 1.54) is 6.92 Å². The number of Topliss-reactive ketones (excluding diaryl/α,β-unsaturated/α-hetero) is 1. The summed E-state index contributed by atoms with van der Waals surface area (Å²) in [4.78, 5) is 33.1. The maximum atomic E-state index is 11.7. The van der Waals surface area contributed by atoms with Crippen molar-refractivity contribution in [2.45, 2.75) is 34.1 Å². The molecular weight excluding hydrogens is 254 g/mol. The van der Waals surface area contributed by atoms with Crippen LogP contribution in [0.1, 0.15) is 34.1 Å². The Morgan fingerprint density at radius 3 is 2.21 bits per heavy atom. The van der Waals surface area contributed by atoms with Crippen molar-refractivity contribution in [3.8, 4) is 0 Å². The molecule has 0 rings (SSSR count). The summed E-state index contributed by atoms with van der Waals surface area (Å²) in [7, 11) is 0. The van der Waals surface area contributed by atoms with Gasteiger partial charge in [-0.05, 0) is 26.2 Å². The molecule has 2 N–H and O–H groups in total. The Labute approximate surface area is 112 Å². The molecule has 110 valence electrons. The molecular formula is C12H21NO6. The fraction of sp³-hybridized carbons (Fsp3) is 0.667. The first-order chi connectivity index (χ1) is 8.29. The van der Waals surface area contributed by atoms with Crippen LogP contribution in [0.2, 0.25) is 0 Å². The number of rotatable bonds is 7. The third kappa shape index (κ3) is 7.30. The molecule has 0 aromatic rings. The predicted octanol–water partition coefficient (Wildman–Crippen LogP) is 1.14. The lowest BCUT2D eigenvalue weighted by Crippen LogP contribution is -2.27. The Kier molecular flexibility index (Phi) is 9.49. The van der Waals surface area contributed by atoms with Crippen LogP contribution in [0.3, 0.4) is 0 Å². The fourth-order valence-electron chi connectivity index (χ4n) is 1.66. The van der Waals surface area contributed by atoms with E-state index in [1.807, 2.05) is 13.8 Å². The van der Waals surface area contributed by atoms with Crippen molar-refractivity contribution < 1.29 is 24.7 Å². The summed E-state index contributed by atoms with van der Waals surface area (Å²) in [5, 5.41) is 10.6. The minimum absolute atomic E-state index is 0. The molecule has 1 atom stereocenters. The minimum atomic E-state index is -1.17. The number of esters is 1. The normalized spacial score (nSPS) is 12.6. The summed E-state index contributed by atoms with van der Waals surface area (Å²) < 4.78 is 4.79. The first-order valence-corrected chi connectivity index (χ1v) is 5.80. The van der Waals surface area contributed by atoms with Gasteiger partial charge in [-0.2, -0.15) is 0 Å².